The van der Waals surface area contributed by atoms with E-state index < -0.39 is 25.0 Å². The van der Waals surface area contributed by atoms with Crippen LogP contribution in [-0.4, -0.2) is 35.1 Å². The summed E-state index contributed by atoms with van der Waals surface area (Å²) in [6.45, 7) is -2.22. The standard InChI is InChI=1S/C8H9ClF2N2O2/c9-5-1-6(12-2-5)7(15)13-3-8(10,11)4-14/h1-2,12,14H,3-4H2,(H,13,15). The van der Waals surface area contributed by atoms with E-state index in [1.165, 1.54) is 12.3 Å². The highest BCUT2D eigenvalue weighted by Gasteiger charge is 2.28. The Balaban J connectivity index is 2.50. The van der Waals surface area contributed by atoms with Crippen LogP contribution in [0.4, 0.5) is 8.78 Å². The number of carbonyl (C=O) groups is 1. The van der Waals surface area contributed by atoms with Crippen molar-refractivity contribution in [2.24, 2.45) is 0 Å². The lowest BCUT2D eigenvalue weighted by Gasteiger charge is -2.13. The van der Waals surface area contributed by atoms with Gasteiger partial charge in [0, 0.05) is 6.20 Å². The second-order valence-corrected chi connectivity index (χ2v) is 3.36. The van der Waals surface area contributed by atoms with Crippen molar-refractivity contribution in [1.82, 2.24) is 10.3 Å². The van der Waals surface area contributed by atoms with Crippen molar-refractivity contribution >= 4 is 17.5 Å². The van der Waals surface area contributed by atoms with Crippen LogP contribution in [0.15, 0.2) is 12.3 Å². The van der Waals surface area contributed by atoms with E-state index in [1.807, 2.05) is 5.32 Å². The molecule has 4 nitrogen and oxygen atoms in total. The molecule has 0 fully saturated rings. The minimum absolute atomic E-state index is 0.0914. The smallest absolute Gasteiger partial charge is 0.287 e. The van der Waals surface area contributed by atoms with Crippen LogP contribution in [0.3, 0.4) is 0 Å². The molecular weight excluding hydrogens is 230 g/mol. The molecule has 0 aliphatic carbocycles. The maximum Gasteiger partial charge on any atom is 0.287 e. The molecular formula is C8H9ClF2N2O2. The first-order chi connectivity index (χ1) is 6.94. The van der Waals surface area contributed by atoms with Gasteiger partial charge in [-0.25, -0.2) is 8.78 Å². The number of aliphatic hydroxyl groups excluding tert-OH is 1. The van der Waals surface area contributed by atoms with E-state index in [4.69, 9.17) is 16.7 Å². The zero-order valence-corrected chi connectivity index (χ0v) is 8.31. The van der Waals surface area contributed by atoms with Crippen molar-refractivity contribution in [2.75, 3.05) is 13.2 Å². The summed E-state index contributed by atoms with van der Waals surface area (Å²) < 4.78 is 25.1. The predicted octanol–water partition coefficient (Wildman–Crippen LogP) is 1.03. The molecule has 15 heavy (non-hydrogen) atoms. The van der Waals surface area contributed by atoms with Gasteiger partial charge in [-0.05, 0) is 6.07 Å². The normalized spacial score (nSPS) is 11.5. The summed E-state index contributed by atoms with van der Waals surface area (Å²) in [6, 6.07) is 1.31. The van der Waals surface area contributed by atoms with Gasteiger partial charge in [0.05, 0.1) is 11.6 Å². The van der Waals surface area contributed by atoms with E-state index in [0.29, 0.717) is 5.02 Å². The zero-order chi connectivity index (χ0) is 11.5. The monoisotopic (exact) mass is 238 g/mol. The van der Waals surface area contributed by atoms with Crippen LogP contribution in [0.2, 0.25) is 5.02 Å². The van der Waals surface area contributed by atoms with E-state index in [-0.39, 0.29) is 5.69 Å². The number of alkyl halides is 2. The third-order valence-corrected chi connectivity index (χ3v) is 1.85. The average molecular weight is 239 g/mol. The Hall–Kier alpha value is -1.14. The molecule has 0 aliphatic rings. The van der Waals surface area contributed by atoms with Crippen molar-refractivity contribution in [1.29, 1.82) is 0 Å². The summed E-state index contributed by atoms with van der Waals surface area (Å²) in [5.74, 6) is -4.01. The summed E-state index contributed by atoms with van der Waals surface area (Å²) >= 11 is 5.52. The highest BCUT2D eigenvalue weighted by atomic mass is 35.5. The number of rotatable bonds is 4. The molecule has 0 aliphatic heterocycles. The Bertz CT molecular complexity index is 354. The third kappa shape index (κ3) is 3.49. The first-order valence-corrected chi connectivity index (χ1v) is 4.43. The number of aliphatic hydroxyl groups is 1. The first-order valence-electron chi connectivity index (χ1n) is 4.05. The summed E-state index contributed by atoms with van der Waals surface area (Å²) in [5, 5.41) is 10.5. The minimum Gasteiger partial charge on any atom is -0.390 e. The Morgan fingerprint density at radius 1 is 1.67 bits per heavy atom. The largest absolute Gasteiger partial charge is 0.390 e. The maximum absolute atomic E-state index is 12.5. The van der Waals surface area contributed by atoms with Gasteiger partial charge >= 0.3 is 0 Å². The van der Waals surface area contributed by atoms with Gasteiger partial charge in [-0.3, -0.25) is 4.79 Å². The van der Waals surface area contributed by atoms with Crippen LogP contribution in [-0.2, 0) is 0 Å². The molecule has 1 heterocycles. The average Bonchev–Trinajstić information content (AvgIpc) is 2.61. The number of hydrogen-bond donors (Lipinski definition) is 3. The zero-order valence-electron chi connectivity index (χ0n) is 7.56. The number of halogens is 3. The molecule has 0 aromatic carbocycles. The fourth-order valence-electron chi connectivity index (χ4n) is 0.860. The lowest BCUT2D eigenvalue weighted by molar-refractivity contribution is -0.0462. The second kappa shape index (κ2) is 4.59. The van der Waals surface area contributed by atoms with Gasteiger partial charge in [-0.1, -0.05) is 11.6 Å². The molecule has 3 N–H and O–H groups in total. The van der Waals surface area contributed by atoms with E-state index in [9.17, 15) is 13.6 Å². The Kier molecular flexibility index (Phi) is 3.65. The molecule has 0 spiro atoms. The number of hydrogen-bond acceptors (Lipinski definition) is 2. The summed E-state index contributed by atoms with van der Waals surface area (Å²) in [5.41, 5.74) is 0.0914. The van der Waals surface area contributed by atoms with E-state index in [1.54, 1.807) is 0 Å². The van der Waals surface area contributed by atoms with E-state index in [2.05, 4.69) is 4.98 Å². The molecule has 7 heteroatoms. The van der Waals surface area contributed by atoms with Gasteiger partial charge in [-0.15, -0.1) is 0 Å². The molecule has 0 atom stereocenters. The van der Waals surface area contributed by atoms with Crippen LogP contribution in [0.1, 0.15) is 10.5 Å². The number of carbonyl (C=O) groups excluding carboxylic acids is 1. The Morgan fingerprint density at radius 3 is 2.80 bits per heavy atom. The SMILES string of the molecule is O=C(NCC(F)(F)CO)c1cc(Cl)c[nH]1. The summed E-state index contributed by atoms with van der Waals surface area (Å²) in [7, 11) is 0. The summed E-state index contributed by atoms with van der Waals surface area (Å²) in [6.07, 6.45) is 1.36. The Labute approximate surface area is 89.2 Å². The van der Waals surface area contributed by atoms with Gasteiger partial charge < -0.3 is 15.4 Å². The van der Waals surface area contributed by atoms with Gasteiger partial charge in [0.15, 0.2) is 0 Å². The molecule has 1 amide bonds. The minimum atomic E-state index is -3.31. The maximum atomic E-state index is 12.5. The number of nitrogens with one attached hydrogen (secondary N) is 2. The number of aromatic amines is 1. The van der Waals surface area contributed by atoms with Crippen LogP contribution in [0.5, 0.6) is 0 Å². The predicted molar refractivity (Wildman–Crippen MR) is 50.2 cm³/mol. The van der Waals surface area contributed by atoms with Gasteiger partial charge in [0.1, 0.15) is 12.3 Å². The van der Waals surface area contributed by atoms with Crippen molar-refractivity contribution < 1.29 is 18.7 Å². The van der Waals surface area contributed by atoms with Crippen molar-refractivity contribution in [3.8, 4) is 0 Å². The van der Waals surface area contributed by atoms with Crippen LogP contribution in [0, 0.1) is 0 Å². The molecule has 1 aromatic heterocycles. The number of amides is 1. The topological polar surface area (TPSA) is 65.1 Å². The van der Waals surface area contributed by atoms with E-state index in [0.717, 1.165) is 0 Å². The quantitative estimate of drug-likeness (QED) is 0.733. The molecule has 1 aromatic rings. The lowest BCUT2D eigenvalue weighted by Crippen LogP contribution is -2.39. The molecule has 0 saturated carbocycles. The fourth-order valence-corrected chi connectivity index (χ4v) is 1.02. The molecule has 0 saturated heterocycles. The molecule has 0 radical (unpaired) electrons. The lowest BCUT2D eigenvalue weighted by atomic mass is 10.3. The molecule has 0 bridgehead atoms. The van der Waals surface area contributed by atoms with Crippen LogP contribution >= 0.6 is 11.6 Å². The third-order valence-electron chi connectivity index (χ3n) is 1.63. The van der Waals surface area contributed by atoms with Gasteiger partial charge in [0.25, 0.3) is 11.8 Å². The molecule has 1 rings (SSSR count). The molecule has 0 unspecified atom stereocenters. The van der Waals surface area contributed by atoms with Crippen LogP contribution in [0.25, 0.3) is 0 Å². The highest BCUT2D eigenvalue weighted by Crippen LogP contribution is 2.12. The van der Waals surface area contributed by atoms with Crippen molar-refractivity contribution in [3.63, 3.8) is 0 Å². The van der Waals surface area contributed by atoms with Gasteiger partial charge in [0.2, 0.25) is 0 Å². The van der Waals surface area contributed by atoms with Gasteiger partial charge in [-0.2, -0.15) is 0 Å². The van der Waals surface area contributed by atoms with Crippen LogP contribution < -0.4 is 5.32 Å². The number of H-pyrrole nitrogens is 1. The van der Waals surface area contributed by atoms with E-state index >= 15 is 0 Å². The first kappa shape index (κ1) is 11.9. The number of aromatic nitrogens is 1. The second-order valence-electron chi connectivity index (χ2n) is 2.93. The van der Waals surface area contributed by atoms with Crippen molar-refractivity contribution in [3.05, 3.63) is 23.0 Å². The molecule has 84 valence electrons. The Morgan fingerprint density at radius 2 is 2.33 bits per heavy atom. The summed E-state index contributed by atoms with van der Waals surface area (Å²) in [4.78, 5) is 13.7. The van der Waals surface area contributed by atoms with Crippen molar-refractivity contribution in [2.45, 2.75) is 5.92 Å². The fraction of sp³-hybridized carbons (Fsp3) is 0.375. The highest BCUT2D eigenvalue weighted by molar-refractivity contribution is 6.30.